The Morgan fingerprint density at radius 1 is 1.35 bits per heavy atom. The maximum atomic E-state index is 12.1. The van der Waals surface area contributed by atoms with Crippen LogP contribution in [0.2, 0.25) is 0 Å². The number of halogens is 3. The highest BCUT2D eigenvalue weighted by molar-refractivity contribution is 5.75. The zero-order valence-corrected chi connectivity index (χ0v) is 9.18. The molecule has 4 nitrogen and oxygen atoms in total. The fourth-order valence-electron chi connectivity index (χ4n) is 2.38. The number of hydrogen-bond acceptors (Lipinski definition) is 4. The Bertz CT molecular complexity index is 300. The number of rotatable bonds is 1. The Labute approximate surface area is 96.4 Å². The van der Waals surface area contributed by atoms with E-state index >= 15 is 0 Å². The Morgan fingerprint density at radius 3 is 2.59 bits per heavy atom. The molecule has 7 heteroatoms. The van der Waals surface area contributed by atoms with E-state index in [4.69, 9.17) is 4.74 Å². The van der Waals surface area contributed by atoms with E-state index in [2.05, 4.69) is 10.1 Å². The molecule has 1 N–H and O–H groups in total. The van der Waals surface area contributed by atoms with Crippen molar-refractivity contribution in [2.75, 3.05) is 26.3 Å². The minimum absolute atomic E-state index is 0.0574. The zero-order valence-electron chi connectivity index (χ0n) is 9.18. The minimum atomic E-state index is -4.93. The highest BCUT2D eigenvalue weighted by atomic mass is 19.4. The highest BCUT2D eigenvalue weighted by Gasteiger charge is 2.50. The first-order chi connectivity index (χ1) is 7.94. The molecule has 1 atom stereocenters. The van der Waals surface area contributed by atoms with Crippen LogP contribution in [-0.2, 0) is 14.3 Å². The Hall–Kier alpha value is -0.820. The minimum Gasteiger partial charge on any atom is -0.453 e. The fourth-order valence-corrected chi connectivity index (χ4v) is 2.38. The predicted octanol–water partition coefficient (Wildman–Crippen LogP) is 0.861. The van der Waals surface area contributed by atoms with Gasteiger partial charge in [0.2, 0.25) is 0 Å². The highest BCUT2D eigenvalue weighted by Crippen LogP contribution is 2.40. The summed E-state index contributed by atoms with van der Waals surface area (Å²) in [7, 11) is 0. The molecule has 0 radical (unpaired) electrons. The van der Waals surface area contributed by atoms with Gasteiger partial charge < -0.3 is 14.8 Å². The summed E-state index contributed by atoms with van der Waals surface area (Å²) in [6.45, 7) is 1.85. The standard InChI is InChI=1S/C10H14F3NO3/c11-10(12,13)8(15)17-7-5-16-6-9(7)1-3-14-4-2-9/h7,14H,1-6H2/t7-/m0/s1. The lowest BCUT2D eigenvalue weighted by molar-refractivity contribution is -0.209. The first-order valence-corrected chi connectivity index (χ1v) is 5.50. The number of nitrogens with one attached hydrogen (secondary N) is 1. The van der Waals surface area contributed by atoms with E-state index in [0.717, 1.165) is 0 Å². The van der Waals surface area contributed by atoms with E-state index in [9.17, 15) is 18.0 Å². The summed E-state index contributed by atoms with van der Waals surface area (Å²) in [5, 5.41) is 3.12. The molecule has 0 aromatic rings. The van der Waals surface area contributed by atoms with Gasteiger partial charge in [0, 0.05) is 5.41 Å². The van der Waals surface area contributed by atoms with Gasteiger partial charge in [-0.3, -0.25) is 0 Å². The molecule has 2 saturated heterocycles. The van der Waals surface area contributed by atoms with Gasteiger partial charge in [0.1, 0.15) is 6.10 Å². The quantitative estimate of drug-likeness (QED) is 0.704. The van der Waals surface area contributed by atoms with Gasteiger partial charge in [0.15, 0.2) is 0 Å². The second kappa shape index (κ2) is 4.45. The number of piperidine rings is 1. The molecular formula is C10H14F3NO3. The molecule has 1 spiro atoms. The lowest BCUT2D eigenvalue weighted by Crippen LogP contribution is -2.46. The van der Waals surface area contributed by atoms with Crippen molar-refractivity contribution in [3.8, 4) is 0 Å². The third-order valence-corrected chi connectivity index (χ3v) is 3.42. The normalized spacial score (nSPS) is 28.3. The molecule has 0 saturated carbocycles. The van der Waals surface area contributed by atoms with Crippen LogP contribution in [0.5, 0.6) is 0 Å². The SMILES string of the molecule is O=C(O[C@H]1COCC12CCNCC2)C(F)(F)F. The molecule has 0 aromatic carbocycles. The summed E-state index contributed by atoms with van der Waals surface area (Å²) in [6, 6.07) is 0. The third kappa shape index (κ3) is 2.55. The van der Waals surface area contributed by atoms with Crippen molar-refractivity contribution in [3.05, 3.63) is 0 Å². The zero-order chi connectivity index (χ0) is 12.5. The molecule has 2 fully saturated rings. The van der Waals surface area contributed by atoms with Gasteiger partial charge in [-0.25, -0.2) is 4.79 Å². The Kier molecular flexibility index (Phi) is 3.31. The summed E-state index contributed by atoms with van der Waals surface area (Å²) >= 11 is 0. The summed E-state index contributed by atoms with van der Waals surface area (Å²) in [6.07, 6.45) is -4.37. The Balaban J connectivity index is 2.02. The van der Waals surface area contributed by atoms with Crippen LogP contribution >= 0.6 is 0 Å². The summed E-state index contributed by atoms with van der Waals surface area (Å²) in [5.74, 6) is -2.12. The number of esters is 1. The third-order valence-electron chi connectivity index (χ3n) is 3.42. The first-order valence-electron chi connectivity index (χ1n) is 5.50. The van der Waals surface area contributed by atoms with Gasteiger partial charge in [-0.05, 0) is 25.9 Å². The number of alkyl halides is 3. The molecule has 0 aliphatic carbocycles. The molecule has 2 aliphatic rings. The molecule has 0 bridgehead atoms. The van der Waals surface area contributed by atoms with Crippen molar-refractivity contribution in [3.63, 3.8) is 0 Å². The molecule has 2 rings (SSSR count). The number of hydrogen-bond donors (Lipinski definition) is 1. The second-order valence-corrected chi connectivity index (χ2v) is 4.52. The first kappa shape index (κ1) is 12.6. The van der Waals surface area contributed by atoms with Crippen LogP contribution in [0.15, 0.2) is 0 Å². The maximum absolute atomic E-state index is 12.1. The van der Waals surface area contributed by atoms with Crippen molar-refractivity contribution in [1.82, 2.24) is 5.32 Å². The van der Waals surface area contributed by atoms with Crippen LogP contribution in [0.4, 0.5) is 13.2 Å². The molecule has 0 unspecified atom stereocenters. The summed E-state index contributed by atoms with van der Waals surface area (Å²) in [5.41, 5.74) is -0.438. The van der Waals surface area contributed by atoms with E-state index in [1.807, 2.05) is 0 Å². The van der Waals surface area contributed by atoms with Gasteiger partial charge in [-0.15, -0.1) is 0 Å². The molecule has 17 heavy (non-hydrogen) atoms. The number of carbonyl (C=O) groups is 1. The van der Waals surface area contributed by atoms with Crippen molar-refractivity contribution >= 4 is 5.97 Å². The van der Waals surface area contributed by atoms with E-state index in [-0.39, 0.29) is 6.61 Å². The van der Waals surface area contributed by atoms with Crippen molar-refractivity contribution in [2.24, 2.45) is 5.41 Å². The fraction of sp³-hybridized carbons (Fsp3) is 0.900. The molecule has 0 aromatic heterocycles. The van der Waals surface area contributed by atoms with Crippen molar-refractivity contribution in [1.29, 1.82) is 0 Å². The second-order valence-electron chi connectivity index (χ2n) is 4.52. The topological polar surface area (TPSA) is 47.6 Å². The van der Waals surface area contributed by atoms with Gasteiger partial charge in [0.05, 0.1) is 13.2 Å². The average molecular weight is 253 g/mol. The number of carbonyl (C=O) groups excluding carboxylic acids is 1. The summed E-state index contributed by atoms with van der Waals surface area (Å²) in [4.78, 5) is 10.8. The average Bonchev–Trinajstić information content (AvgIpc) is 2.61. The van der Waals surface area contributed by atoms with Crippen molar-refractivity contribution < 1.29 is 27.4 Å². The van der Waals surface area contributed by atoms with Crippen molar-refractivity contribution in [2.45, 2.75) is 25.1 Å². The molecule has 98 valence electrons. The van der Waals surface area contributed by atoms with E-state index < -0.39 is 23.7 Å². The lowest BCUT2D eigenvalue weighted by atomic mass is 9.76. The monoisotopic (exact) mass is 253 g/mol. The van der Waals surface area contributed by atoms with Gasteiger partial charge in [-0.1, -0.05) is 0 Å². The van der Waals surface area contributed by atoms with Gasteiger partial charge in [0.25, 0.3) is 0 Å². The largest absolute Gasteiger partial charge is 0.490 e. The summed E-state index contributed by atoms with van der Waals surface area (Å²) < 4.78 is 46.1. The van der Waals surface area contributed by atoms with Gasteiger partial charge >= 0.3 is 12.1 Å². The van der Waals surface area contributed by atoms with Crippen LogP contribution in [0.3, 0.4) is 0 Å². The van der Waals surface area contributed by atoms with E-state index in [1.165, 1.54) is 0 Å². The van der Waals surface area contributed by atoms with Gasteiger partial charge in [-0.2, -0.15) is 13.2 Å². The lowest BCUT2D eigenvalue weighted by Gasteiger charge is -2.36. The van der Waals surface area contributed by atoms with Crippen LogP contribution in [0.25, 0.3) is 0 Å². The maximum Gasteiger partial charge on any atom is 0.490 e. The van der Waals surface area contributed by atoms with Crippen LogP contribution < -0.4 is 5.32 Å². The van der Waals surface area contributed by atoms with Crippen LogP contribution in [0.1, 0.15) is 12.8 Å². The molecule has 2 aliphatic heterocycles. The Morgan fingerprint density at radius 2 is 2.00 bits per heavy atom. The molecule has 2 heterocycles. The van der Waals surface area contributed by atoms with Crippen LogP contribution in [-0.4, -0.2) is 44.6 Å². The predicted molar refractivity (Wildman–Crippen MR) is 51.3 cm³/mol. The van der Waals surface area contributed by atoms with E-state index in [0.29, 0.717) is 32.5 Å². The smallest absolute Gasteiger partial charge is 0.453 e. The molecule has 0 amide bonds. The number of ether oxygens (including phenoxy) is 2. The molecular weight excluding hydrogens is 239 g/mol. The van der Waals surface area contributed by atoms with Crippen LogP contribution in [0, 0.1) is 5.41 Å². The van der Waals surface area contributed by atoms with E-state index in [1.54, 1.807) is 0 Å².